The summed E-state index contributed by atoms with van der Waals surface area (Å²) in [7, 11) is 0. The van der Waals surface area contributed by atoms with E-state index in [1.165, 1.54) is 27.7 Å². The van der Waals surface area contributed by atoms with Crippen LogP contribution in [0.25, 0.3) is 10.9 Å². The van der Waals surface area contributed by atoms with Gasteiger partial charge in [0, 0.05) is 36.1 Å². The topological polar surface area (TPSA) is 36.1 Å². The summed E-state index contributed by atoms with van der Waals surface area (Å²) in [6, 6.07) is 9.07. The van der Waals surface area contributed by atoms with Gasteiger partial charge in [0.05, 0.1) is 6.04 Å². The van der Waals surface area contributed by atoms with Crippen LogP contribution in [0.5, 0.6) is 0 Å². The van der Waals surface area contributed by atoms with Crippen LogP contribution in [0.2, 0.25) is 0 Å². The fourth-order valence-electron chi connectivity index (χ4n) is 4.66. The van der Waals surface area contributed by atoms with Gasteiger partial charge in [0.2, 0.25) is 0 Å². The second-order valence-electron chi connectivity index (χ2n) is 6.95. The number of hydrogen-bond acceptors (Lipinski definition) is 2. The minimum absolute atomic E-state index is 0.326. The molecule has 0 amide bonds. The number of para-hydroxylation sites is 1. The lowest BCUT2D eigenvalue weighted by Gasteiger charge is -2.44. The van der Waals surface area contributed by atoms with Gasteiger partial charge in [-0.15, -0.1) is 0 Å². The molecule has 1 saturated heterocycles. The summed E-state index contributed by atoms with van der Waals surface area (Å²) in [6.07, 6.45) is 5.90. The molecule has 3 aliphatic rings. The maximum Gasteiger partial charge on any atom is 0.155 e. The van der Waals surface area contributed by atoms with Crippen LogP contribution in [0.15, 0.2) is 35.9 Å². The molecule has 1 aliphatic carbocycles. The number of H-pyrrole nitrogens is 1. The molecule has 5 rings (SSSR count). The van der Waals surface area contributed by atoms with Gasteiger partial charge >= 0.3 is 0 Å². The summed E-state index contributed by atoms with van der Waals surface area (Å²) in [6.45, 7) is 2.27. The lowest BCUT2D eigenvalue weighted by molar-refractivity contribution is -0.115. The van der Waals surface area contributed by atoms with Crippen LogP contribution in [0, 0.1) is 5.92 Å². The molecule has 3 nitrogen and oxygen atoms in total. The number of fused-ring (bicyclic) bond motifs is 6. The van der Waals surface area contributed by atoms with Crippen molar-refractivity contribution in [1.29, 1.82) is 0 Å². The van der Waals surface area contributed by atoms with E-state index in [1.54, 1.807) is 0 Å². The van der Waals surface area contributed by atoms with Crippen LogP contribution >= 0.6 is 0 Å². The molecule has 0 bridgehead atoms. The fourth-order valence-corrected chi connectivity index (χ4v) is 4.66. The molecule has 0 spiro atoms. The maximum atomic E-state index is 11.8. The largest absolute Gasteiger partial charge is 0.357 e. The molecule has 3 heteroatoms. The van der Waals surface area contributed by atoms with Crippen LogP contribution in [0.3, 0.4) is 0 Å². The van der Waals surface area contributed by atoms with Gasteiger partial charge < -0.3 is 4.98 Å². The molecule has 1 fully saturated rings. The van der Waals surface area contributed by atoms with Gasteiger partial charge in [-0.1, -0.05) is 23.8 Å². The first-order chi connectivity index (χ1) is 10.8. The van der Waals surface area contributed by atoms with Crippen LogP contribution in [0.4, 0.5) is 0 Å². The molecule has 1 N–H and O–H groups in total. The molecule has 0 saturated carbocycles. The Balaban J connectivity index is 1.60. The number of piperidine rings is 1. The minimum Gasteiger partial charge on any atom is -0.357 e. The zero-order chi connectivity index (χ0) is 14.7. The number of hydrogen-bond donors (Lipinski definition) is 1. The summed E-state index contributed by atoms with van der Waals surface area (Å²) < 4.78 is 0. The van der Waals surface area contributed by atoms with Crippen molar-refractivity contribution >= 4 is 16.7 Å². The van der Waals surface area contributed by atoms with Crippen LogP contribution in [0.1, 0.15) is 36.6 Å². The van der Waals surface area contributed by atoms with E-state index in [2.05, 4.69) is 34.1 Å². The van der Waals surface area contributed by atoms with E-state index >= 15 is 0 Å². The highest BCUT2D eigenvalue weighted by molar-refractivity contribution is 5.91. The molecule has 2 aliphatic heterocycles. The number of ketones is 1. The highest BCUT2D eigenvalue weighted by atomic mass is 16.1. The minimum atomic E-state index is 0.326. The highest BCUT2D eigenvalue weighted by Gasteiger charge is 2.38. The molecule has 112 valence electrons. The second-order valence-corrected chi connectivity index (χ2v) is 6.95. The summed E-state index contributed by atoms with van der Waals surface area (Å²) in [4.78, 5) is 18.1. The third-order valence-corrected chi connectivity index (χ3v) is 5.76. The molecule has 1 aromatic carbocycles. The number of benzene rings is 1. The van der Waals surface area contributed by atoms with Crippen molar-refractivity contribution in [3.05, 3.63) is 47.2 Å². The van der Waals surface area contributed by atoms with Crippen molar-refractivity contribution in [2.75, 3.05) is 13.1 Å². The Hall–Kier alpha value is -1.87. The second kappa shape index (κ2) is 4.56. The van der Waals surface area contributed by atoms with Gasteiger partial charge in [0.15, 0.2) is 5.78 Å². The zero-order valence-corrected chi connectivity index (χ0v) is 12.6. The van der Waals surface area contributed by atoms with Crippen LogP contribution in [-0.2, 0) is 11.2 Å². The average Bonchev–Trinajstić information content (AvgIpc) is 2.92. The first-order valence-corrected chi connectivity index (χ1v) is 8.36. The van der Waals surface area contributed by atoms with E-state index < -0.39 is 0 Å². The van der Waals surface area contributed by atoms with E-state index in [9.17, 15) is 4.79 Å². The first kappa shape index (κ1) is 12.7. The molecule has 0 radical (unpaired) electrons. The zero-order valence-electron chi connectivity index (χ0n) is 12.6. The van der Waals surface area contributed by atoms with Crippen molar-refractivity contribution in [1.82, 2.24) is 9.88 Å². The van der Waals surface area contributed by atoms with Gasteiger partial charge in [0.25, 0.3) is 0 Å². The van der Waals surface area contributed by atoms with E-state index in [0.29, 0.717) is 17.7 Å². The van der Waals surface area contributed by atoms with Crippen molar-refractivity contribution in [3.8, 4) is 0 Å². The summed E-state index contributed by atoms with van der Waals surface area (Å²) in [5, 5.41) is 1.38. The van der Waals surface area contributed by atoms with Gasteiger partial charge in [-0.25, -0.2) is 0 Å². The molecular weight excluding hydrogens is 272 g/mol. The number of rotatable bonds is 0. The van der Waals surface area contributed by atoms with E-state index in [0.717, 1.165) is 38.8 Å². The Morgan fingerprint density at radius 1 is 1.18 bits per heavy atom. The number of carbonyl (C=O) groups is 1. The van der Waals surface area contributed by atoms with E-state index in [4.69, 9.17) is 0 Å². The van der Waals surface area contributed by atoms with Gasteiger partial charge in [0.1, 0.15) is 0 Å². The molecule has 22 heavy (non-hydrogen) atoms. The predicted molar refractivity (Wildman–Crippen MR) is 86.7 cm³/mol. The van der Waals surface area contributed by atoms with E-state index in [-0.39, 0.29) is 0 Å². The number of aromatic amines is 1. The molecule has 2 atom stereocenters. The molecule has 3 heterocycles. The number of allylic oxidation sites excluding steroid dienone is 1. The Bertz CT molecular complexity index is 801. The van der Waals surface area contributed by atoms with Crippen molar-refractivity contribution < 1.29 is 4.79 Å². The van der Waals surface area contributed by atoms with Gasteiger partial charge in [-0.05, 0) is 42.9 Å². The van der Waals surface area contributed by atoms with Crippen molar-refractivity contribution in [2.24, 2.45) is 5.92 Å². The standard InChI is InChI=1S/C19H20N2O/c22-14-6-5-12-11-21-8-7-16-15-3-1-2-4-17(15)20-19(16)18(21)10-13(12)9-14/h1-4,9,12,18,20H,5-8,10-11H2. The molecular formula is C19H20N2O. The van der Waals surface area contributed by atoms with E-state index in [1.807, 2.05) is 6.08 Å². The predicted octanol–water partition coefficient (Wildman–Crippen LogP) is 3.38. The Morgan fingerprint density at radius 2 is 2.09 bits per heavy atom. The summed E-state index contributed by atoms with van der Waals surface area (Å²) in [5.41, 5.74) is 5.54. The number of nitrogens with one attached hydrogen (secondary N) is 1. The Morgan fingerprint density at radius 3 is 3.05 bits per heavy atom. The third kappa shape index (κ3) is 1.75. The lowest BCUT2D eigenvalue weighted by atomic mass is 9.77. The Labute approximate surface area is 130 Å². The number of aromatic nitrogens is 1. The highest BCUT2D eigenvalue weighted by Crippen LogP contribution is 2.44. The van der Waals surface area contributed by atoms with Gasteiger partial charge in [-0.3, -0.25) is 9.69 Å². The maximum absolute atomic E-state index is 11.8. The number of nitrogens with zero attached hydrogens (tertiary/aromatic N) is 1. The molecule has 1 aromatic heterocycles. The molecule has 2 aromatic rings. The number of carbonyl (C=O) groups excluding carboxylic acids is 1. The molecule has 2 unspecified atom stereocenters. The fraction of sp³-hybridized carbons (Fsp3) is 0.421. The smallest absolute Gasteiger partial charge is 0.155 e. The van der Waals surface area contributed by atoms with Crippen molar-refractivity contribution in [2.45, 2.75) is 31.7 Å². The summed E-state index contributed by atoms with van der Waals surface area (Å²) in [5.74, 6) is 0.937. The first-order valence-electron chi connectivity index (χ1n) is 8.36. The van der Waals surface area contributed by atoms with Crippen LogP contribution in [-0.4, -0.2) is 28.8 Å². The van der Waals surface area contributed by atoms with Crippen molar-refractivity contribution in [3.63, 3.8) is 0 Å². The van der Waals surface area contributed by atoms with Gasteiger partial charge in [-0.2, -0.15) is 0 Å². The monoisotopic (exact) mass is 292 g/mol. The normalized spacial score (nSPS) is 28.0. The summed E-state index contributed by atoms with van der Waals surface area (Å²) >= 11 is 0. The SMILES string of the molecule is O=C1C=C2CC3c4[nH]c5ccccc5c4CCN3CC2CC1. The lowest BCUT2D eigenvalue weighted by Crippen LogP contribution is -2.44. The third-order valence-electron chi connectivity index (χ3n) is 5.76. The average molecular weight is 292 g/mol. The Kier molecular flexibility index (Phi) is 2.62. The quantitative estimate of drug-likeness (QED) is 0.808. The van der Waals surface area contributed by atoms with Crippen LogP contribution < -0.4 is 0 Å².